The van der Waals surface area contributed by atoms with Gasteiger partial charge in [0.1, 0.15) is 5.82 Å². The zero-order valence-electron chi connectivity index (χ0n) is 18.9. The van der Waals surface area contributed by atoms with Crippen molar-refractivity contribution < 1.29 is 4.39 Å². The molecule has 0 aliphatic heterocycles. The second-order valence-corrected chi connectivity index (χ2v) is 9.15. The number of aliphatic imine (C=N–C) groups is 1. The van der Waals surface area contributed by atoms with Crippen LogP contribution in [0.4, 0.5) is 4.39 Å². The van der Waals surface area contributed by atoms with E-state index >= 15 is 0 Å². The Morgan fingerprint density at radius 3 is 2.62 bits per heavy atom. The van der Waals surface area contributed by atoms with Gasteiger partial charge >= 0.3 is 0 Å². The highest BCUT2D eigenvalue weighted by atomic mass is 19.1. The van der Waals surface area contributed by atoms with Crippen LogP contribution < -0.4 is 0 Å². The van der Waals surface area contributed by atoms with Gasteiger partial charge in [0.25, 0.3) is 0 Å². The van der Waals surface area contributed by atoms with E-state index in [9.17, 15) is 4.39 Å². The number of hydrogen-bond donors (Lipinski definition) is 0. The Kier molecular flexibility index (Phi) is 5.78. The minimum atomic E-state index is -0.206. The molecule has 1 nitrogen and oxygen atoms in total. The minimum Gasteiger partial charge on any atom is -0.289 e. The third-order valence-corrected chi connectivity index (χ3v) is 7.05. The summed E-state index contributed by atoms with van der Waals surface area (Å²) in [6.45, 7) is 5.11. The number of halogens is 1. The lowest BCUT2D eigenvalue weighted by Crippen LogP contribution is -1.99. The van der Waals surface area contributed by atoms with Crippen LogP contribution in [0.25, 0.3) is 16.7 Å². The first kappa shape index (κ1) is 20.9. The number of allylic oxidation sites excluding steroid dienone is 1. The van der Waals surface area contributed by atoms with E-state index in [2.05, 4.69) is 50.3 Å². The molecule has 32 heavy (non-hydrogen) atoms. The van der Waals surface area contributed by atoms with Crippen LogP contribution in [0, 0.1) is 11.7 Å². The zero-order chi connectivity index (χ0) is 22.1. The molecular weight excluding hydrogens is 393 g/mol. The van der Waals surface area contributed by atoms with Crippen molar-refractivity contribution in [2.75, 3.05) is 6.54 Å². The summed E-state index contributed by atoms with van der Waals surface area (Å²) in [6, 6.07) is 22.1. The van der Waals surface area contributed by atoms with Crippen molar-refractivity contribution >= 4 is 11.3 Å². The fraction of sp³-hybridized carbons (Fsp3) is 0.300. The van der Waals surface area contributed by atoms with Gasteiger partial charge < -0.3 is 0 Å². The van der Waals surface area contributed by atoms with Crippen LogP contribution in [-0.4, -0.2) is 12.3 Å². The van der Waals surface area contributed by atoms with Crippen molar-refractivity contribution in [1.82, 2.24) is 0 Å². The highest BCUT2D eigenvalue weighted by Gasteiger charge is 2.40. The summed E-state index contributed by atoms with van der Waals surface area (Å²) in [4.78, 5) is 4.90. The van der Waals surface area contributed by atoms with Gasteiger partial charge in [0.15, 0.2) is 0 Å². The molecule has 2 heteroatoms. The van der Waals surface area contributed by atoms with Crippen molar-refractivity contribution in [3.63, 3.8) is 0 Å². The van der Waals surface area contributed by atoms with Crippen molar-refractivity contribution in [3.05, 3.63) is 101 Å². The topological polar surface area (TPSA) is 12.4 Å². The first-order valence-corrected chi connectivity index (χ1v) is 11.8. The number of rotatable bonds is 6. The Morgan fingerprint density at radius 2 is 1.84 bits per heavy atom. The van der Waals surface area contributed by atoms with Gasteiger partial charge in [0.2, 0.25) is 0 Å². The summed E-state index contributed by atoms with van der Waals surface area (Å²) >= 11 is 0. The maximum Gasteiger partial charge on any atom is 0.123 e. The zero-order valence-corrected chi connectivity index (χ0v) is 18.9. The van der Waals surface area contributed by atoms with E-state index in [1.807, 2.05) is 18.2 Å². The summed E-state index contributed by atoms with van der Waals surface area (Å²) in [5.41, 5.74) is 10.0. The molecule has 5 rings (SSSR count). The summed E-state index contributed by atoms with van der Waals surface area (Å²) in [5.74, 6) is 1.41. The lowest BCUT2D eigenvalue weighted by Gasteiger charge is -2.13. The van der Waals surface area contributed by atoms with Gasteiger partial charge in [-0.15, -0.1) is 0 Å². The molecule has 0 amide bonds. The van der Waals surface area contributed by atoms with E-state index in [1.165, 1.54) is 35.6 Å². The quantitative estimate of drug-likeness (QED) is 0.358. The van der Waals surface area contributed by atoms with Crippen LogP contribution in [0.3, 0.4) is 0 Å². The minimum absolute atomic E-state index is 0.206. The van der Waals surface area contributed by atoms with Crippen LogP contribution in [0.15, 0.2) is 77.8 Å². The van der Waals surface area contributed by atoms with Crippen molar-refractivity contribution in [1.29, 1.82) is 0 Å². The molecule has 1 fully saturated rings. The number of aryl methyl sites for hydroxylation is 1. The van der Waals surface area contributed by atoms with Crippen molar-refractivity contribution in [2.45, 2.75) is 45.4 Å². The smallest absolute Gasteiger partial charge is 0.123 e. The normalized spacial score (nSPS) is 19.6. The van der Waals surface area contributed by atoms with Crippen LogP contribution in [0.1, 0.15) is 61.3 Å². The molecular formula is C30H30FN. The Labute approximate surface area is 190 Å². The highest BCUT2D eigenvalue weighted by molar-refractivity contribution is 5.99. The van der Waals surface area contributed by atoms with Crippen LogP contribution in [-0.2, 0) is 6.42 Å². The fourth-order valence-corrected chi connectivity index (χ4v) is 4.96. The molecule has 2 aliphatic carbocycles. The molecule has 0 N–H and O–H groups in total. The molecule has 0 heterocycles. The average Bonchev–Trinajstić information content (AvgIpc) is 3.61. The van der Waals surface area contributed by atoms with Gasteiger partial charge in [-0.3, -0.25) is 4.99 Å². The van der Waals surface area contributed by atoms with Gasteiger partial charge in [0.05, 0.1) is 0 Å². The Morgan fingerprint density at radius 1 is 1.00 bits per heavy atom. The maximum atomic E-state index is 13.5. The standard InChI is InChI=1S/C30H30FN/c1-3-21-7-14-28-29(17-21)24(12-13-26-19-30(26)28)15-16-32-20(2)22-8-10-23(11-9-22)25-5-4-6-27(31)18-25/h4-12,14,17-18,26,30H,3,13,15-16,19H2,1-2H3. The van der Waals surface area contributed by atoms with Crippen LogP contribution in [0.5, 0.6) is 0 Å². The van der Waals surface area contributed by atoms with Gasteiger partial charge in [0, 0.05) is 12.3 Å². The monoisotopic (exact) mass is 423 g/mol. The lowest BCUT2D eigenvalue weighted by molar-refractivity contribution is 0.628. The number of hydrogen-bond acceptors (Lipinski definition) is 1. The highest BCUT2D eigenvalue weighted by Crippen LogP contribution is 2.54. The average molecular weight is 424 g/mol. The Balaban J connectivity index is 1.29. The largest absolute Gasteiger partial charge is 0.289 e. The van der Waals surface area contributed by atoms with Gasteiger partial charge in [-0.1, -0.05) is 67.6 Å². The van der Waals surface area contributed by atoms with Crippen molar-refractivity contribution in [2.24, 2.45) is 10.9 Å². The maximum absolute atomic E-state index is 13.5. The van der Waals surface area contributed by atoms with Crippen LogP contribution >= 0.6 is 0 Å². The summed E-state index contributed by atoms with van der Waals surface area (Å²) < 4.78 is 13.5. The van der Waals surface area contributed by atoms with Gasteiger partial charge in [-0.05, 0) is 95.5 Å². The number of nitrogens with zero attached hydrogens (tertiary/aromatic N) is 1. The molecule has 0 spiro atoms. The third kappa shape index (κ3) is 4.32. The summed E-state index contributed by atoms with van der Waals surface area (Å²) in [5, 5.41) is 0. The predicted octanol–water partition coefficient (Wildman–Crippen LogP) is 7.85. The van der Waals surface area contributed by atoms with Gasteiger partial charge in [-0.2, -0.15) is 0 Å². The van der Waals surface area contributed by atoms with Gasteiger partial charge in [-0.25, -0.2) is 4.39 Å². The molecule has 2 aliphatic rings. The van der Waals surface area contributed by atoms with E-state index in [4.69, 9.17) is 4.99 Å². The molecule has 0 aromatic heterocycles. The Bertz CT molecular complexity index is 1190. The summed E-state index contributed by atoms with van der Waals surface area (Å²) in [6.07, 6.45) is 7.11. The molecule has 0 bridgehead atoms. The van der Waals surface area contributed by atoms with E-state index in [0.717, 1.165) is 53.6 Å². The number of benzene rings is 3. The molecule has 2 atom stereocenters. The van der Waals surface area contributed by atoms with E-state index in [-0.39, 0.29) is 5.82 Å². The molecule has 1 saturated carbocycles. The predicted molar refractivity (Wildman–Crippen MR) is 133 cm³/mol. The van der Waals surface area contributed by atoms with E-state index in [1.54, 1.807) is 17.7 Å². The lowest BCUT2D eigenvalue weighted by atomic mass is 9.93. The van der Waals surface area contributed by atoms with E-state index < -0.39 is 0 Å². The van der Waals surface area contributed by atoms with Crippen LogP contribution in [0.2, 0.25) is 0 Å². The molecule has 0 radical (unpaired) electrons. The second kappa shape index (κ2) is 8.86. The molecule has 3 aromatic rings. The second-order valence-electron chi connectivity index (χ2n) is 9.15. The summed E-state index contributed by atoms with van der Waals surface area (Å²) in [7, 11) is 0. The van der Waals surface area contributed by atoms with Crippen molar-refractivity contribution in [3.8, 4) is 11.1 Å². The molecule has 0 saturated heterocycles. The molecule has 2 unspecified atom stereocenters. The number of fused-ring (bicyclic) bond motifs is 3. The first-order chi connectivity index (χ1) is 15.6. The Hall–Kier alpha value is -3.00. The van der Waals surface area contributed by atoms with E-state index in [0.29, 0.717) is 0 Å². The fourth-order valence-electron chi connectivity index (χ4n) is 4.96. The molecule has 162 valence electrons. The SMILES string of the molecule is CCc1ccc2c(c1)C(CCN=C(C)c1ccc(-c3cccc(F)c3)cc1)=CCC1CC21. The first-order valence-electron chi connectivity index (χ1n) is 11.8. The third-order valence-electron chi connectivity index (χ3n) is 7.05. The molecule has 3 aromatic carbocycles.